The minimum atomic E-state index is -0.465. The molecule has 4 heterocycles. The Hall–Kier alpha value is -3.16. The first-order valence-corrected chi connectivity index (χ1v) is 8.97. The molecule has 27 heavy (non-hydrogen) atoms. The molecule has 0 bridgehead atoms. The van der Waals surface area contributed by atoms with Crippen molar-refractivity contribution in [3.05, 3.63) is 36.4 Å². The number of anilines is 1. The molecule has 1 N–H and O–H groups in total. The van der Waals surface area contributed by atoms with Crippen LogP contribution in [0.2, 0.25) is 0 Å². The van der Waals surface area contributed by atoms with Crippen molar-refractivity contribution >= 4 is 22.8 Å². The number of carbonyl (C=O) groups excluding carboxylic acids is 1. The summed E-state index contributed by atoms with van der Waals surface area (Å²) in [5, 5.41) is 0. The van der Waals surface area contributed by atoms with E-state index in [1.807, 2.05) is 0 Å². The number of hydrogen-bond donors (Lipinski definition) is 1. The summed E-state index contributed by atoms with van der Waals surface area (Å²) in [6, 6.07) is 5.39. The molecule has 8 nitrogen and oxygen atoms in total. The summed E-state index contributed by atoms with van der Waals surface area (Å²) in [4.78, 5) is 30.8. The number of imidazole rings is 1. The first kappa shape index (κ1) is 16.0. The van der Waals surface area contributed by atoms with Crippen molar-refractivity contribution in [2.75, 3.05) is 25.1 Å². The number of piperidine rings is 1. The molecule has 0 aliphatic carbocycles. The van der Waals surface area contributed by atoms with Gasteiger partial charge in [-0.2, -0.15) is 0 Å². The molecule has 1 aromatic carbocycles. The number of carbonyl (C=O) groups is 1. The maximum Gasteiger partial charge on any atom is 0.182 e. The van der Waals surface area contributed by atoms with Gasteiger partial charge in [-0.1, -0.05) is 0 Å². The zero-order valence-electron chi connectivity index (χ0n) is 14.9. The Kier molecular flexibility index (Phi) is 3.53. The lowest BCUT2D eigenvalue weighted by molar-refractivity contribution is 0.0230. The van der Waals surface area contributed by atoms with Crippen LogP contribution >= 0.6 is 0 Å². The van der Waals surface area contributed by atoms with Crippen molar-refractivity contribution in [3.8, 4) is 11.5 Å². The number of aromatic amines is 1. The Morgan fingerprint density at radius 3 is 2.89 bits per heavy atom. The van der Waals surface area contributed by atoms with E-state index in [4.69, 9.17) is 9.47 Å². The van der Waals surface area contributed by atoms with E-state index in [2.05, 4.69) is 24.8 Å². The third-order valence-corrected chi connectivity index (χ3v) is 5.48. The largest absolute Gasteiger partial charge is 0.497 e. The average molecular weight is 365 g/mol. The Morgan fingerprint density at radius 1 is 1.22 bits per heavy atom. The number of methoxy groups -OCH3 is 1. The fourth-order valence-corrected chi connectivity index (χ4v) is 4.00. The number of nitrogens with one attached hydrogen (secondary N) is 1. The molecule has 0 saturated carbocycles. The van der Waals surface area contributed by atoms with Gasteiger partial charge >= 0.3 is 0 Å². The van der Waals surface area contributed by atoms with Gasteiger partial charge in [0.25, 0.3) is 0 Å². The molecule has 1 saturated heterocycles. The van der Waals surface area contributed by atoms with Crippen LogP contribution in [0.3, 0.4) is 0 Å². The van der Waals surface area contributed by atoms with Crippen LogP contribution in [-0.4, -0.2) is 51.5 Å². The van der Waals surface area contributed by atoms with Gasteiger partial charge in [-0.3, -0.25) is 4.79 Å². The van der Waals surface area contributed by atoms with Crippen molar-refractivity contribution in [3.63, 3.8) is 0 Å². The number of hydrogen-bond acceptors (Lipinski definition) is 7. The Bertz CT molecular complexity index is 1020. The Labute approximate surface area is 155 Å². The molecule has 0 unspecified atom stereocenters. The summed E-state index contributed by atoms with van der Waals surface area (Å²) < 4.78 is 11.6. The summed E-state index contributed by atoms with van der Waals surface area (Å²) in [5.74, 6) is 2.29. The van der Waals surface area contributed by atoms with Gasteiger partial charge in [-0.15, -0.1) is 0 Å². The van der Waals surface area contributed by atoms with Crippen molar-refractivity contribution in [2.45, 2.75) is 24.9 Å². The SMILES string of the molecule is COc1ccc2c(c1)OC1(CCN(c3ncnc4nc[nH]c34)CC1)CC2=O. The minimum absolute atomic E-state index is 0.130. The maximum atomic E-state index is 12.7. The summed E-state index contributed by atoms with van der Waals surface area (Å²) in [6.07, 6.45) is 5.06. The normalized spacial score (nSPS) is 18.4. The van der Waals surface area contributed by atoms with Gasteiger partial charge in [0.15, 0.2) is 17.2 Å². The number of fused-ring (bicyclic) bond motifs is 2. The molecule has 2 aliphatic rings. The second kappa shape index (κ2) is 5.94. The highest BCUT2D eigenvalue weighted by molar-refractivity contribution is 6.00. The van der Waals surface area contributed by atoms with Crippen LogP contribution < -0.4 is 14.4 Å². The van der Waals surface area contributed by atoms with Crippen LogP contribution in [-0.2, 0) is 0 Å². The topological polar surface area (TPSA) is 93.2 Å². The third-order valence-electron chi connectivity index (χ3n) is 5.48. The second-order valence-electron chi connectivity index (χ2n) is 7.03. The van der Waals surface area contributed by atoms with Crippen LogP contribution in [0, 0.1) is 0 Å². The molecule has 138 valence electrons. The van der Waals surface area contributed by atoms with Crippen LogP contribution in [0.1, 0.15) is 29.6 Å². The van der Waals surface area contributed by atoms with E-state index in [9.17, 15) is 4.79 Å². The molecular weight excluding hydrogens is 346 g/mol. The lowest BCUT2D eigenvalue weighted by Gasteiger charge is -2.44. The fraction of sp³-hybridized carbons (Fsp3) is 0.368. The molecule has 3 aromatic rings. The van der Waals surface area contributed by atoms with Crippen molar-refractivity contribution in [1.29, 1.82) is 0 Å². The van der Waals surface area contributed by atoms with Crippen molar-refractivity contribution < 1.29 is 14.3 Å². The van der Waals surface area contributed by atoms with E-state index in [-0.39, 0.29) is 5.78 Å². The second-order valence-corrected chi connectivity index (χ2v) is 7.03. The van der Waals surface area contributed by atoms with Crippen molar-refractivity contribution in [2.24, 2.45) is 0 Å². The predicted octanol–water partition coefficient (Wildman–Crippen LogP) is 2.37. The molecule has 0 atom stereocenters. The number of ketones is 1. The van der Waals surface area contributed by atoms with E-state index in [0.717, 1.165) is 37.3 Å². The molecular formula is C19H19N5O3. The van der Waals surface area contributed by atoms with E-state index < -0.39 is 5.60 Å². The van der Waals surface area contributed by atoms with Gasteiger partial charge in [0, 0.05) is 32.0 Å². The molecule has 2 aromatic heterocycles. The van der Waals surface area contributed by atoms with Crippen molar-refractivity contribution in [1.82, 2.24) is 19.9 Å². The zero-order valence-corrected chi connectivity index (χ0v) is 14.9. The van der Waals surface area contributed by atoms with Gasteiger partial charge in [-0.05, 0) is 12.1 Å². The van der Waals surface area contributed by atoms with E-state index >= 15 is 0 Å². The Morgan fingerprint density at radius 2 is 2.07 bits per heavy atom. The number of ether oxygens (including phenoxy) is 2. The maximum absolute atomic E-state index is 12.7. The highest BCUT2D eigenvalue weighted by atomic mass is 16.5. The van der Waals surface area contributed by atoms with Gasteiger partial charge in [-0.25, -0.2) is 15.0 Å². The molecule has 0 amide bonds. The number of nitrogens with zero attached hydrogens (tertiary/aromatic N) is 4. The highest BCUT2D eigenvalue weighted by Gasteiger charge is 2.43. The van der Waals surface area contributed by atoms with E-state index in [0.29, 0.717) is 29.1 Å². The third kappa shape index (κ3) is 2.59. The van der Waals surface area contributed by atoms with E-state index in [1.165, 1.54) is 6.33 Å². The summed E-state index contributed by atoms with van der Waals surface area (Å²) in [6.45, 7) is 1.50. The van der Waals surface area contributed by atoms with Gasteiger partial charge in [0.2, 0.25) is 0 Å². The first-order chi connectivity index (χ1) is 13.2. The molecule has 8 heteroatoms. The number of Topliss-reactive ketones (excluding diaryl/α,β-unsaturated/α-hetero) is 1. The fourth-order valence-electron chi connectivity index (χ4n) is 4.00. The van der Waals surface area contributed by atoms with Crippen LogP contribution in [0.25, 0.3) is 11.2 Å². The minimum Gasteiger partial charge on any atom is -0.497 e. The molecule has 0 radical (unpaired) electrons. The molecule has 1 spiro atoms. The Balaban J connectivity index is 1.39. The summed E-state index contributed by atoms with van der Waals surface area (Å²) in [7, 11) is 1.61. The summed E-state index contributed by atoms with van der Waals surface area (Å²) in [5.41, 5.74) is 1.67. The first-order valence-electron chi connectivity index (χ1n) is 8.97. The number of aromatic nitrogens is 4. The summed E-state index contributed by atoms with van der Waals surface area (Å²) >= 11 is 0. The molecule has 5 rings (SSSR count). The van der Waals surface area contributed by atoms with Crippen LogP contribution in [0.15, 0.2) is 30.9 Å². The lowest BCUT2D eigenvalue weighted by Crippen LogP contribution is -2.51. The number of rotatable bonds is 2. The quantitative estimate of drug-likeness (QED) is 0.745. The van der Waals surface area contributed by atoms with Gasteiger partial charge in [0.1, 0.15) is 28.9 Å². The van der Waals surface area contributed by atoms with Gasteiger partial charge < -0.3 is 19.4 Å². The zero-order chi connectivity index (χ0) is 18.4. The van der Waals surface area contributed by atoms with Gasteiger partial charge in [0.05, 0.1) is 25.4 Å². The van der Waals surface area contributed by atoms with Crippen LogP contribution in [0.5, 0.6) is 11.5 Å². The lowest BCUT2D eigenvalue weighted by atomic mass is 9.82. The molecule has 2 aliphatic heterocycles. The predicted molar refractivity (Wildman–Crippen MR) is 98.4 cm³/mol. The number of benzene rings is 1. The average Bonchev–Trinajstić information content (AvgIpc) is 3.17. The molecule has 1 fully saturated rings. The number of H-pyrrole nitrogens is 1. The smallest absolute Gasteiger partial charge is 0.182 e. The van der Waals surface area contributed by atoms with E-state index in [1.54, 1.807) is 31.6 Å². The standard InChI is InChI=1S/C19H19N5O3/c1-26-12-2-3-13-14(25)9-19(27-15(13)8-12)4-6-24(7-5-19)18-16-17(21-10-20-16)22-11-23-18/h2-3,8,10-11H,4-7,9H2,1H3,(H,20,21,22,23). The monoisotopic (exact) mass is 365 g/mol. The van der Waals surface area contributed by atoms with Crippen LogP contribution in [0.4, 0.5) is 5.82 Å². The highest BCUT2D eigenvalue weighted by Crippen LogP contribution is 2.41.